The first kappa shape index (κ1) is 16.8. The van der Waals surface area contributed by atoms with Gasteiger partial charge in [0.1, 0.15) is 17.2 Å². The Hall–Kier alpha value is -2.01. The van der Waals surface area contributed by atoms with Crippen LogP contribution in [0.4, 0.5) is 4.39 Å². The van der Waals surface area contributed by atoms with Crippen molar-refractivity contribution in [2.75, 3.05) is 0 Å². The standard InChI is InChI=1S/C19H16BrFO3/c1-19(2)8-7-11-9-12(4-6-16(11)24-19)17(22)18(23)13-3-5-15(21)14(20)10-13/h3-6,9-10H,7-8H2,1-2H3. The fourth-order valence-electron chi connectivity index (χ4n) is 2.70. The number of Topliss-reactive ketones (excluding diaryl/α,β-unsaturated/α-hetero) is 2. The predicted octanol–water partition coefficient (Wildman–Crippen LogP) is 4.76. The lowest BCUT2D eigenvalue weighted by Gasteiger charge is -2.32. The smallest absolute Gasteiger partial charge is 0.233 e. The van der Waals surface area contributed by atoms with Gasteiger partial charge in [0.2, 0.25) is 11.6 Å². The van der Waals surface area contributed by atoms with Crippen LogP contribution in [0.25, 0.3) is 0 Å². The Morgan fingerprint density at radius 3 is 2.38 bits per heavy atom. The molecular weight excluding hydrogens is 375 g/mol. The number of fused-ring (bicyclic) bond motifs is 1. The van der Waals surface area contributed by atoms with Gasteiger partial charge in [-0.2, -0.15) is 0 Å². The molecule has 5 heteroatoms. The zero-order valence-electron chi connectivity index (χ0n) is 13.4. The SMILES string of the molecule is CC1(C)CCc2cc(C(=O)C(=O)c3ccc(F)c(Br)c3)ccc2O1. The summed E-state index contributed by atoms with van der Waals surface area (Å²) in [5, 5.41) is 0. The topological polar surface area (TPSA) is 43.4 Å². The van der Waals surface area contributed by atoms with E-state index in [0.717, 1.165) is 30.2 Å². The maximum atomic E-state index is 13.3. The molecule has 1 aliphatic heterocycles. The molecule has 0 bridgehead atoms. The first-order valence-corrected chi connectivity index (χ1v) is 8.42. The summed E-state index contributed by atoms with van der Waals surface area (Å²) >= 11 is 3.02. The molecule has 0 unspecified atom stereocenters. The third-order valence-electron chi connectivity index (χ3n) is 4.09. The highest BCUT2D eigenvalue weighted by Crippen LogP contribution is 2.33. The minimum Gasteiger partial charge on any atom is -0.488 e. The molecule has 2 aromatic rings. The van der Waals surface area contributed by atoms with Gasteiger partial charge in [0, 0.05) is 11.1 Å². The van der Waals surface area contributed by atoms with E-state index >= 15 is 0 Å². The third kappa shape index (κ3) is 3.26. The molecular formula is C19H16BrFO3. The Labute approximate surface area is 148 Å². The third-order valence-corrected chi connectivity index (χ3v) is 4.70. The van der Waals surface area contributed by atoms with Gasteiger partial charge in [-0.3, -0.25) is 9.59 Å². The lowest BCUT2D eigenvalue weighted by molar-refractivity contribution is 0.0810. The second-order valence-corrected chi connectivity index (χ2v) is 7.33. The van der Waals surface area contributed by atoms with Crippen LogP contribution in [0, 0.1) is 5.82 Å². The minimum atomic E-state index is -0.660. The van der Waals surface area contributed by atoms with Crippen molar-refractivity contribution in [1.29, 1.82) is 0 Å². The summed E-state index contributed by atoms with van der Waals surface area (Å²) in [5.74, 6) is -0.999. The Bertz CT molecular complexity index is 843. The second-order valence-electron chi connectivity index (χ2n) is 6.47. The second kappa shape index (κ2) is 6.13. The van der Waals surface area contributed by atoms with E-state index in [1.165, 1.54) is 12.1 Å². The number of hydrogen-bond acceptors (Lipinski definition) is 3. The van der Waals surface area contributed by atoms with E-state index in [9.17, 15) is 14.0 Å². The predicted molar refractivity (Wildman–Crippen MR) is 92.2 cm³/mol. The molecule has 3 rings (SSSR count). The van der Waals surface area contributed by atoms with E-state index in [4.69, 9.17) is 4.74 Å². The van der Waals surface area contributed by atoms with E-state index in [2.05, 4.69) is 15.9 Å². The van der Waals surface area contributed by atoms with Crippen LogP contribution >= 0.6 is 15.9 Å². The quantitative estimate of drug-likeness (QED) is 0.560. The number of carbonyl (C=O) groups excluding carboxylic acids is 2. The van der Waals surface area contributed by atoms with Crippen LogP contribution in [-0.2, 0) is 6.42 Å². The molecule has 0 saturated carbocycles. The van der Waals surface area contributed by atoms with Crippen molar-refractivity contribution < 1.29 is 18.7 Å². The molecule has 0 N–H and O–H groups in total. The lowest BCUT2D eigenvalue weighted by Crippen LogP contribution is -2.32. The zero-order chi connectivity index (χ0) is 17.5. The van der Waals surface area contributed by atoms with E-state index in [0.29, 0.717) is 5.56 Å². The van der Waals surface area contributed by atoms with Gasteiger partial charge in [-0.1, -0.05) is 0 Å². The number of rotatable bonds is 3. The Balaban J connectivity index is 1.88. The number of benzene rings is 2. The number of ether oxygens (including phenoxy) is 1. The van der Waals surface area contributed by atoms with Crippen molar-refractivity contribution >= 4 is 27.5 Å². The molecule has 0 radical (unpaired) electrons. The van der Waals surface area contributed by atoms with Crippen LogP contribution in [0.2, 0.25) is 0 Å². The molecule has 2 aromatic carbocycles. The molecule has 124 valence electrons. The van der Waals surface area contributed by atoms with Gasteiger partial charge >= 0.3 is 0 Å². The van der Waals surface area contributed by atoms with Crippen LogP contribution in [-0.4, -0.2) is 17.2 Å². The van der Waals surface area contributed by atoms with Crippen molar-refractivity contribution in [3.8, 4) is 5.75 Å². The molecule has 0 fully saturated rings. The normalized spacial score (nSPS) is 15.3. The monoisotopic (exact) mass is 390 g/mol. The summed E-state index contributed by atoms with van der Waals surface area (Å²) in [7, 11) is 0. The van der Waals surface area contributed by atoms with Crippen LogP contribution in [0.15, 0.2) is 40.9 Å². The van der Waals surface area contributed by atoms with Crippen molar-refractivity contribution in [3.05, 3.63) is 63.4 Å². The van der Waals surface area contributed by atoms with E-state index in [-0.39, 0.29) is 15.6 Å². The summed E-state index contributed by atoms with van der Waals surface area (Å²) < 4.78 is 19.3. The van der Waals surface area contributed by atoms with Crippen molar-refractivity contribution in [3.63, 3.8) is 0 Å². The number of aryl methyl sites for hydroxylation is 1. The van der Waals surface area contributed by atoms with E-state index in [1.54, 1.807) is 18.2 Å². The van der Waals surface area contributed by atoms with Gasteiger partial charge in [0.15, 0.2) is 0 Å². The number of hydrogen-bond donors (Lipinski definition) is 0. The number of halogens is 2. The summed E-state index contributed by atoms with van der Waals surface area (Å²) in [6, 6.07) is 8.83. The highest BCUT2D eigenvalue weighted by molar-refractivity contribution is 9.10. The molecule has 24 heavy (non-hydrogen) atoms. The highest BCUT2D eigenvalue weighted by atomic mass is 79.9. The number of carbonyl (C=O) groups is 2. The minimum absolute atomic E-state index is 0.155. The van der Waals surface area contributed by atoms with Crippen LogP contribution in [0.3, 0.4) is 0 Å². The van der Waals surface area contributed by atoms with Gasteiger partial charge in [-0.15, -0.1) is 0 Å². The summed E-state index contributed by atoms with van der Waals surface area (Å²) in [6.45, 7) is 4.04. The van der Waals surface area contributed by atoms with Crippen LogP contribution in [0.1, 0.15) is 46.5 Å². The molecule has 0 aromatic heterocycles. The fourth-order valence-corrected chi connectivity index (χ4v) is 3.08. The molecule has 0 amide bonds. The maximum absolute atomic E-state index is 13.3. The molecule has 0 saturated heterocycles. The van der Waals surface area contributed by atoms with Crippen molar-refractivity contribution in [2.45, 2.75) is 32.3 Å². The average Bonchev–Trinajstić information content (AvgIpc) is 2.55. The largest absolute Gasteiger partial charge is 0.488 e. The molecule has 0 atom stereocenters. The van der Waals surface area contributed by atoms with Crippen molar-refractivity contribution in [1.82, 2.24) is 0 Å². The van der Waals surface area contributed by atoms with Crippen molar-refractivity contribution in [2.24, 2.45) is 0 Å². The fraction of sp³-hybridized carbons (Fsp3) is 0.263. The van der Waals surface area contributed by atoms with Gasteiger partial charge < -0.3 is 4.74 Å². The van der Waals surface area contributed by atoms with Crippen LogP contribution < -0.4 is 4.74 Å². The first-order chi connectivity index (χ1) is 11.3. The summed E-state index contributed by atoms with van der Waals surface area (Å²) in [5.41, 5.74) is 1.17. The van der Waals surface area contributed by atoms with Gasteiger partial charge in [-0.25, -0.2) is 4.39 Å². The number of ketones is 2. The average molecular weight is 391 g/mol. The Kier molecular flexibility index (Phi) is 4.30. The highest BCUT2D eigenvalue weighted by Gasteiger charge is 2.28. The van der Waals surface area contributed by atoms with E-state index < -0.39 is 17.4 Å². The zero-order valence-corrected chi connectivity index (χ0v) is 14.9. The van der Waals surface area contributed by atoms with Crippen LogP contribution in [0.5, 0.6) is 5.75 Å². The van der Waals surface area contributed by atoms with Gasteiger partial charge in [-0.05, 0) is 84.6 Å². The Morgan fingerprint density at radius 2 is 1.71 bits per heavy atom. The first-order valence-electron chi connectivity index (χ1n) is 7.63. The lowest BCUT2D eigenvalue weighted by atomic mass is 9.92. The van der Waals surface area contributed by atoms with Gasteiger partial charge in [0.25, 0.3) is 0 Å². The Morgan fingerprint density at radius 1 is 1.08 bits per heavy atom. The summed E-state index contributed by atoms with van der Waals surface area (Å²) in [6.07, 6.45) is 1.64. The molecule has 0 aliphatic carbocycles. The molecule has 1 aliphatic rings. The van der Waals surface area contributed by atoms with Gasteiger partial charge in [0.05, 0.1) is 4.47 Å². The maximum Gasteiger partial charge on any atom is 0.233 e. The molecule has 3 nitrogen and oxygen atoms in total. The molecule has 1 heterocycles. The molecule has 0 spiro atoms. The van der Waals surface area contributed by atoms with E-state index in [1.807, 2.05) is 13.8 Å². The summed E-state index contributed by atoms with van der Waals surface area (Å²) in [4.78, 5) is 24.8.